The molecule has 1 aromatic rings. The van der Waals surface area contributed by atoms with Gasteiger partial charge in [0.15, 0.2) is 0 Å². The predicted octanol–water partition coefficient (Wildman–Crippen LogP) is 3.99. The maximum absolute atomic E-state index is 3.70. The lowest BCUT2D eigenvalue weighted by Crippen LogP contribution is -2.49. The summed E-state index contributed by atoms with van der Waals surface area (Å²) in [6, 6.07) is 12.3. The SMILES string of the molecule is CCNC(CN1CCC[C@H]2CCCC[C@H]21)c1ccccc1. The van der Waals surface area contributed by atoms with Gasteiger partial charge in [0, 0.05) is 18.6 Å². The highest BCUT2D eigenvalue weighted by Gasteiger charge is 2.34. The van der Waals surface area contributed by atoms with Gasteiger partial charge in [0.25, 0.3) is 0 Å². The second-order valence-electron chi connectivity index (χ2n) is 6.77. The zero-order valence-electron chi connectivity index (χ0n) is 13.4. The molecule has 0 spiro atoms. The second-order valence-corrected chi connectivity index (χ2v) is 6.77. The van der Waals surface area contributed by atoms with Gasteiger partial charge in [0.05, 0.1) is 0 Å². The third kappa shape index (κ3) is 3.67. The van der Waals surface area contributed by atoms with Crippen molar-refractivity contribution in [2.75, 3.05) is 19.6 Å². The van der Waals surface area contributed by atoms with Crippen LogP contribution >= 0.6 is 0 Å². The molecule has 0 radical (unpaired) electrons. The summed E-state index contributed by atoms with van der Waals surface area (Å²) in [7, 11) is 0. The van der Waals surface area contributed by atoms with Gasteiger partial charge in [-0.2, -0.15) is 0 Å². The quantitative estimate of drug-likeness (QED) is 0.880. The Morgan fingerprint density at radius 2 is 1.86 bits per heavy atom. The van der Waals surface area contributed by atoms with Crippen LogP contribution in [0.1, 0.15) is 57.1 Å². The van der Waals surface area contributed by atoms with E-state index in [4.69, 9.17) is 0 Å². The average Bonchev–Trinajstić information content (AvgIpc) is 2.55. The van der Waals surface area contributed by atoms with Crippen LogP contribution in [-0.4, -0.2) is 30.6 Å². The van der Waals surface area contributed by atoms with E-state index in [1.54, 1.807) is 0 Å². The standard InChI is InChI=1S/C19H30N2/c1-2-20-18(16-9-4-3-5-10-16)15-21-14-8-12-17-11-6-7-13-19(17)21/h3-5,9-10,17-20H,2,6-8,11-15H2,1H3/t17-,18?,19-/m1/s1. The van der Waals surface area contributed by atoms with Gasteiger partial charge in [0.2, 0.25) is 0 Å². The molecule has 0 bridgehead atoms. The molecule has 1 N–H and O–H groups in total. The van der Waals surface area contributed by atoms with E-state index in [0.29, 0.717) is 6.04 Å². The summed E-state index contributed by atoms with van der Waals surface area (Å²) >= 11 is 0. The Balaban J connectivity index is 1.69. The Hall–Kier alpha value is -0.860. The fourth-order valence-corrected chi connectivity index (χ4v) is 4.41. The molecule has 1 saturated carbocycles. The first-order valence-electron chi connectivity index (χ1n) is 8.91. The maximum atomic E-state index is 3.70. The van der Waals surface area contributed by atoms with Crippen LogP contribution in [0.15, 0.2) is 30.3 Å². The third-order valence-corrected chi connectivity index (χ3v) is 5.43. The first kappa shape index (κ1) is 15.1. The van der Waals surface area contributed by atoms with Gasteiger partial charge in [-0.1, -0.05) is 50.1 Å². The molecule has 1 aliphatic heterocycles. The van der Waals surface area contributed by atoms with Crippen molar-refractivity contribution >= 4 is 0 Å². The molecule has 21 heavy (non-hydrogen) atoms. The minimum atomic E-state index is 0.483. The molecule has 2 nitrogen and oxygen atoms in total. The Morgan fingerprint density at radius 1 is 1.10 bits per heavy atom. The van der Waals surface area contributed by atoms with Gasteiger partial charge in [-0.3, -0.25) is 4.90 Å². The first-order valence-corrected chi connectivity index (χ1v) is 8.91. The zero-order valence-corrected chi connectivity index (χ0v) is 13.4. The molecule has 1 aromatic carbocycles. The maximum Gasteiger partial charge on any atom is 0.0449 e. The minimum Gasteiger partial charge on any atom is -0.309 e. The van der Waals surface area contributed by atoms with E-state index in [9.17, 15) is 0 Å². The van der Waals surface area contributed by atoms with Crippen molar-refractivity contribution in [1.29, 1.82) is 0 Å². The van der Waals surface area contributed by atoms with Crippen molar-refractivity contribution in [1.82, 2.24) is 10.2 Å². The number of benzene rings is 1. The molecular weight excluding hydrogens is 256 g/mol. The molecule has 116 valence electrons. The Kier molecular flexibility index (Phi) is 5.32. The first-order chi connectivity index (χ1) is 10.4. The summed E-state index contributed by atoms with van der Waals surface area (Å²) in [5, 5.41) is 3.70. The number of hydrogen-bond acceptors (Lipinski definition) is 2. The molecule has 1 saturated heterocycles. The molecule has 3 atom stereocenters. The summed E-state index contributed by atoms with van der Waals surface area (Å²) in [6.45, 7) is 5.74. The molecule has 1 unspecified atom stereocenters. The number of nitrogens with zero attached hydrogens (tertiary/aromatic N) is 1. The molecular formula is C19H30N2. The van der Waals surface area contributed by atoms with E-state index in [1.165, 1.54) is 57.2 Å². The minimum absolute atomic E-state index is 0.483. The van der Waals surface area contributed by atoms with Crippen LogP contribution < -0.4 is 5.32 Å². The molecule has 2 aliphatic rings. The number of piperidine rings is 1. The molecule has 2 heteroatoms. The Labute approximate surface area is 129 Å². The summed E-state index contributed by atoms with van der Waals surface area (Å²) in [6.07, 6.45) is 8.67. The number of hydrogen-bond donors (Lipinski definition) is 1. The second kappa shape index (κ2) is 7.42. The summed E-state index contributed by atoms with van der Waals surface area (Å²) in [5.74, 6) is 0.977. The molecule has 3 rings (SSSR count). The Bertz CT molecular complexity index is 415. The van der Waals surface area contributed by atoms with Crippen LogP contribution in [0, 0.1) is 5.92 Å². The number of likely N-dealkylation sites (N-methyl/N-ethyl adjacent to an activating group) is 1. The fraction of sp³-hybridized carbons (Fsp3) is 0.684. The summed E-state index contributed by atoms with van der Waals surface area (Å²) in [4.78, 5) is 2.80. The van der Waals surface area contributed by atoms with Crippen LogP contribution in [0.4, 0.5) is 0 Å². The third-order valence-electron chi connectivity index (χ3n) is 5.43. The van der Waals surface area contributed by atoms with Gasteiger partial charge in [-0.25, -0.2) is 0 Å². The predicted molar refractivity (Wildman–Crippen MR) is 89.4 cm³/mol. The zero-order chi connectivity index (χ0) is 14.5. The smallest absolute Gasteiger partial charge is 0.0449 e. The van der Waals surface area contributed by atoms with Crippen molar-refractivity contribution in [2.45, 2.75) is 57.5 Å². The van der Waals surface area contributed by atoms with Crippen LogP contribution in [0.3, 0.4) is 0 Å². The van der Waals surface area contributed by atoms with Crippen molar-refractivity contribution in [3.8, 4) is 0 Å². The highest BCUT2D eigenvalue weighted by molar-refractivity contribution is 5.19. The number of rotatable bonds is 5. The van der Waals surface area contributed by atoms with Gasteiger partial charge in [0.1, 0.15) is 0 Å². The topological polar surface area (TPSA) is 15.3 Å². The highest BCUT2D eigenvalue weighted by Crippen LogP contribution is 2.36. The normalized spacial score (nSPS) is 28.0. The van der Waals surface area contributed by atoms with E-state index < -0.39 is 0 Å². The summed E-state index contributed by atoms with van der Waals surface area (Å²) in [5.41, 5.74) is 1.44. The van der Waals surface area contributed by atoms with Gasteiger partial charge in [-0.05, 0) is 50.3 Å². The Morgan fingerprint density at radius 3 is 2.67 bits per heavy atom. The number of nitrogens with one attached hydrogen (secondary N) is 1. The number of likely N-dealkylation sites (tertiary alicyclic amines) is 1. The molecule has 1 heterocycles. The lowest BCUT2D eigenvalue weighted by atomic mass is 9.78. The van der Waals surface area contributed by atoms with Crippen molar-refractivity contribution < 1.29 is 0 Å². The monoisotopic (exact) mass is 286 g/mol. The fourth-order valence-electron chi connectivity index (χ4n) is 4.41. The van der Waals surface area contributed by atoms with E-state index in [2.05, 4.69) is 47.5 Å². The molecule has 0 aromatic heterocycles. The lowest BCUT2D eigenvalue weighted by molar-refractivity contribution is 0.0529. The van der Waals surface area contributed by atoms with Crippen LogP contribution in [0.5, 0.6) is 0 Å². The number of fused-ring (bicyclic) bond motifs is 1. The van der Waals surface area contributed by atoms with Gasteiger partial charge >= 0.3 is 0 Å². The largest absolute Gasteiger partial charge is 0.309 e. The van der Waals surface area contributed by atoms with Crippen LogP contribution in [-0.2, 0) is 0 Å². The van der Waals surface area contributed by atoms with Gasteiger partial charge in [-0.15, -0.1) is 0 Å². The molecule has 1 aliphatic carbocycles. The summed E-state index contributed by atoms with van der Waals surface area (Å²) < 4.78 is 0. The average molecular weight is 286 g/mol. The van der Waals surface area contributed by atoms with E-state index in [1.807, 2.05) is 0 Å². The van der Waals surface area contributed by atoms with E-state index in [0.717, 1.165) is 18.5 Å². The van der Waals surface area contributed by atoms with Crippen molar-refractivity contribution in [3.63, 3.8) is 0 Å². The van der Waals surface area contributed by atoms with Crippen LogP contribution in [0.25, 0.3) is 0 Å². The van der Waals surface area contributed by atoms with E-state index >= 15 is 0 Å². The molecule has 0 amide bonds. The molecule has 2 fully saturated rings. The van der Waals surface area contributed by atoms with Crippen LogP contribution in [0.2, 0.25) is 0 Å². The lowest BCUT2D eigenvalue weighted by Gasteiger charge is -2.45. The van der Waals surface area contributed by atoms with E-state index in [-0.39, 0.29) is 0 Å². The highest BCUT2D eigenvalue weighted by atomic mass is 15.2. The van der Waals surface area contributed by atoms with Crippen molar-refractivity contribution in [2.24, 2.45) is 5.92 Å². The van der Waals surface area contributed by atoms with Crippen molar-refractivity contribution in [3.05, 3.63) is 35.9 Å². The van der Waals surface area contributed by atoms with Gasteiger partial charge < -0.3 is 5.32 Å².